The van der Waals surface area contributed by atoms with E-state index in [1.54, 1.807) is 13.3 Å². The van der Waals surface area contributed by atoms with Gasteiger partial charge >= 0.3 is 0 Å². The highest BCUT2D eigenvalue weighted by Crippen LogP contribution is 2.33. The molecule has 0 aliphatic carbocycles. The third-order valence-electron chi connectivity index (χ3n) is 3.60. The van der Waals surface area contributed by atoms with Crippen molar-refractivity contribution in [2.75, 3.05) is 12.4 Å². The molecule has 0 saturated carbocycles. The van der Waals surface area contributed by atoms with Crippen LogP contribution >= 0.6 is 11.5 Å². The maximum Gasteiger partial charge on any atom is 0.239 e. The quantitative estimate of drug-likeness (QED) is 0.566. The van der Waals surface area contributed by atoms with Gasteiger partial charge in [0, 0.05) is 17.3 Å². The molecule has 7 heteroatoms. The number of aromatic nitrogens is 3. The SMILES string of the molecule is COc1cc(Nc2nsc(-c3ccccc3)n2)ccc1-c1cnco1. The van der Waals surface area contributed by atoms with E-state index in [-0.39, 0.29) is 0 Å². The van der Waals surface area contributed by atoms with E-state index in [0.29, 0.717) is 17.5 Å². The summed E-state index contributed by atoms with van der Waals surface area (Å²) in [5.41, 5.74) is 2.71. The largest absolute Gasteiger partial charge is 0.496 e. The average molecular weight is 350 g/mol. The molecule has 124 valence electrons. The number of nitrogens with one attached hydrogen (secondary N) is 1. The Morgan fingerprint density at radius 3 is 2.76 bits per heavy atom. The van der Waals surface area contributed by atoms with Crippen molar-refractivity contribution in [3.63, 3.8) is 0 Å². The first-order chi connectivity index (χ1) is 12.3. The predicted molar refractivity (Wildman–Crippen MR) is 97.1 cm³/mol. The van der Waals surface area contributed by atoms with Crippen LogP contribution in [-0.4, -0.2) is 21.5 Å². The number of rotatable bonds is 5. The Balaban J connectivity index is 1.58. The molecule has 0 aliphatic heterocycles. The van der Waals surface area contributed by atoms with Gasteiger partial charge in [0.1, 0.15) is 10.8 Å². The second kappa shape index (κ2) is 6.74. The summed E-state index contributed by atoms with van der Waals surface area (Å²) in [6.45, 7) is 0. The molecule has 2 heterocycles. The lowest BCUT2D eigenvalue weighted by Gasteiger charge is -2.09. The molecule has 0 bridgehead atoms. The van der Waals surface area contributed by atoms with Gasteiger partial charge in [-0.15, -0.1) is 0 Å². The summed E-state index contributed by atoms with van der Waals surface area (Å²) in [5.74, 6) is 1.89. The minimum Gasteiger partial charge on any atom is -0.496 e. The molecule has 2 aromatic carbocycles. The molecular formula is C18H14N4O2S. The second-order valence-electron chi connectivity index (χ2n) is 5.19. The fourth-order valence-corrected chi connectivity index (χ4v) is 3.05. The normalized spacial score (nSPS) is 10.6. The highest BCUT2D eigenvalue weighted by atomic mass is 32.1. The van der Waals surface area contributed by atoms with Gasteiger partial charge in [-0.1, -0.05) is 30.3 Å². The molecule has 0 radical (unpaired) electrons. The summed E-state index contributed by atoms with van der Waals surface area (Å²) in [6, 6.07) is 15.7. The Bertz CT molecular complexity index is 968. The van der Waals surface area contributed by atoms with Crippen molar-refractivity contribution >= 4 is 23.2 Å². The van der Waals surface area contributed by atoms with Gasteiger partial charge in [0.2, 0.25) is 5.95 Å². The summed E-state index contributed by atoms with van der Waals surface area (Å²) >= 11 is 1.35. The zero-order valence-corrected chi connectivity index (χ0v) is 14.2. The fraction of sp³-hybridized carbons (Fsp3) is 0.0556. The molecule has 0 fully saturated rings. The topological polar surface area (TPSA) is 73.1 Å². The Morgan fingerprint density at radius 1 is 1.12 bits per heavy atom. The van der Waals surface area contributed by atoms with E-state index in [9.17, 15) is 0 Å². The van der Waals surface area contributed by atoms with E-state index in [1.165, 1.54) is 17.9 Å². The van der Waals surface area contributed by atoms with Gasteiger partial charge in [0.15, 0.2) is 12.2 Å². The van der Waals surface area contributed by atoms with Crippen molar-refractivity contribution in [2.45, 2.75) is 0 Å². The first kappa shape index (κ1) is 15.3. The van der Waals surface area contributed by atoms with Crippen LogP contribution in [0.25, 0.3) is 21.9 Å². The van der Waals surface area contributed by atoms with E-state index >= 15 is 0 Å². The van der Waals surface area contributed by atoms with E-state index < -0.39 is 0 Å². The van der Waals surface area contributed by atoms with Crippen LogP contribution in [0.4, 0.5) is 11.6 Å². The molecule has 0 amide bonds. The van der Waals surface area contributed by atoms with Crippen molar-refractivity contribution in [1.29, 1.82) is 0 Å². The lowest BCUT2D eigenvalue weighted by molar-refractivity contribution is 0.415. The van der Waals surface area contributed by atoms with Crippen molar-refractivity contribution < 1.29 is 9.15 Å². The Kier molecular flexibility index (Phi) is 4.14. The van der Waals surface area contributed by atoms with Crippen LogP contribution in [0, 0.1) is 0 Å². The Hall–Kier alpha value is -3.19. The van der Waals surface area contributed by atoms with Gasteiger partial charge in [0.05, 0.1) is 18.9 Å². The molecule has 0 saturated heterocycles. The molecule has 4 aromatic rings. The van der Waals surface area contributed by atoms with Gasteiger partial charge in [-0.05, 0) is 23.7 Å². The fourth-order valence-electron chi connectivity index (χ4n) is 2.42. The lowest BCUT2D eigenvalue weighted by atomic mass is 10.1. The summed E-state index contributed by atoms with van der Waals surface area (Å²) < 4.78 is 15.2. The van der Waals surface area contributed by atoms with Crippen LogP contribution in [0.2, 0.25) is 0 Å². The van der Waals surface area contributed by atoms with Crippen LogP contribution in [-0.2, 0) is 0 Å². The molecule has 6 nitrogen and oxygen atoms in total. The number of methoxy groups -OCH3 is 1. The number of hydrogen-bond acceptors (Lipinski definition) is 7. The summed E-state index contributed by atoms with van der Waals surface area (Å²) in [5, 5.41) is 4.07. The van der Waals surface area contributed by atoms with Gasteiger partial charge in [0.25, 0.3) is 0 Å². The van der Waals surface area contributed by atoms with Crippen LogP contribution in [0.3, 0.4) is 0 Å². The van der Waals surface area contributed by atoms with Crippen molar-refractivity contribution in [3.05, 3.63) is 61.1 Å². The molecule has 1 N–H and O–H groups in total. The minimum absolute atomic E-state index is 0.554. The minimum atomic E-state index is 0.554. The molecule has 0 unspecified atom stereocenters. The van der Waals surface area contributed by atoms with Crippen LogP contribution < -0.4 is 10.1 Å². The van der Waals surface area contributed by atoms with E-state index in [1.807, 2.05) is 48.5 Å². The summed E-state index contributed by atoms with van der Waals surface area (Å²) in [4.78, 5) is 8.47. The predicted octanol–water partition coefficient (Wildman–Crippen LogP) is 4.61. The summed E-state index contributed by atoms with van der Waals surface area (Å²) in [6.07, 6.45) is 3.05. The average Bonchev–Trinajstić information content (AvgIpc) is 3.34. The molecule has 25 heavy (non-hydrogen) atoms. The number of hydrogen-bond donors (Lipinski definition) is 1. The first-order valence-corrected chi connectivity index (χ1v) is 8.34. The monoisotopic (exact) mass is 350 g/mol. The number of benzene rings is 2. The van der Waals surface area contributed by atoms with Crippen molar-refractivity contribution in [2.24, 2.45) is 0 Å². The van der Waals surface area contributed by atoms with E-state index in [2.05, 4.69) is 19.7 Å². The number of oxazole rings is 1. The van der Waals surface area contributed by atoms with E-state index in [0.717, 1.165) is 21.8 Å². The summed E-state index contributed by atoms with van der Waals surface area (Å²) in [7, 11) is 1.62. The molecule has 0 spiro atoms. The standard InChI is InChI=1S/C18H14N4O2S/c1-23-15-9-13(7-8-14(15)16-10-19-11-24-16)20-18-21-17(25-22-18)12-5-3-2-4-6-12/h2-11H,1H3,(H,20,22). The Labute approximate surface area is 148 Å². The maximum absolute atomic E-state index is 5.46. The highest BCUT2D eigenvalue weighted by Gasteiger charge is 2.11. The molecule has 2 aromatic heterocycles. The number of nitrogens with zero attached hydrogens (tertiary/aromatic N) is 3. The Morgan fingerprint density at radius 2 is 2.00 bits per heavy atom. The van der Waals surface area contributed by atoms with E-state index in [4.69, 9.17) is 9.15 Å². The van der Waals surface area contributed by atoms with Gasteiger partial charge in [-0.25, -0.2) is 4.98 Å². The van der Waals surface area contributed by atoms with Crippen LogP contribution in [0.15, 0.2) is 65.5 Å². The lowest BCUT2D eigenvalue weighted by Crippen LogP contribution is -1.94. The van der Waals surface area contributed by atoms with Crippen LogP contribution in [0.5, 0.6) is 5.75 Å². The smallest absolute Gasteiger partial charge is 0.239 e. The molecule has 0 atom stereocenters. The zero-order chi connectivity index (χ0) is 17.1. The van der Waals surface area contributed by atoms with Gasteiger partial charge < -0.3 is 14.5 Å². The van der Waals surface area contributed by atoms with Gasteiger partial charge in [-0.2, -0.15) is 9.36 Å². The second-order valence-corrected chi connectivity index (χ2v) is 5.95. The molecule has 4 rings (SSSR count). The number of ether oxygens (including phenoxy) is 1. The molecular weight excluding hydrogens is 336 g/mol. The third-order valence-corrected chi connectivity index (χ3v) is 4.37. The van der Waals surface area contributed by atoms with Crippen LogP contribution in [0.1, 0.15) is 0 Å². The third kappa shape index (κ3) is 3.22. The maximum atomic E-state index is 5.46. The first-order valence-electron chi connectivity index (χ1n) is 7.56. The molecule has 0 aliphatic rings. The number of anilines is 2. The highest BCUT2D eigenvalue weighted by molar-refractivity contribution is 7.09. The van der Waals surface area contributed by atoms with Crippen molar-refractivity contribution in [3.8, 4) is 27.6 Å². The van der Waals surface area contributed by atoms with Crippen molar-refractivity contribution in [1.82, 2.24) is 14.3 Å². The van der Waals surface area contributed by atoms with Gasteiger partial charge in [-0.3, -0.25) is 0 Å². The zero-order valence-electron chi connectivity index (χ0n) is 13.3.